The molecule has 1 aliphatic heterocycles. The van der Waals surface area contributed by atoms with E-state index in [4.69, 9.17) is 39.8 Å². The molecule has 40 heavy (non-hydrogen) atoms. The summed E-state index contributed by atoms with van der Waals surface area (Å²) in [5, 5.41) is 8.95. The summed E-state index contributed by atoms with van der Waals surface area (Å²) in [5.41, 5.74) is -1.87. The van der Waals surface area contributed by atoms with Gasteiger partial charge in [0.25, 0.3) is 14.1 Å². The first-order valence-electron chi connectivity index (χ1n) is 13.3. The number of hydrogen-bond acceptors (Lipinski definition) is 10. The van der Waals surface area contributed by atoms with E-state index in [1.165, 1.54) is 16.8 Å². The van der Waals surface area contributed by atoms with E-state index in [0.717, 1.165) is 0 Å². The first kappa shape index (κ1) is 34.0. The Kier molecular flexibility index (Phi) is 13.9. The minimum Gasteiger partial charge on any atom is -0.349 e. The van der Waals surface area contributed by atoms with Crippen LogP contribution in [0, 0.1) is 17.9 Å². The molecule has 0 bridgehead atoms. The molecule has 0 radical (unpaired) electrons. The number of nitrogens with one attached hydrogen (secondary N) is 1. The Morgan fingerprint density at radius 1 is 1.25 bits per heavy atom. The Morgan fingerprint density at radius 2 is 1.95 bits per heavy atom. The topological polar surface area (TPSA) is 142 Å². The van der Waals surface area contributed by atoms with E-state index < -0.39 is 49.9 Å². The zero-order valence-electron chi connectivity index (χ0n) is 24.4. The van der Waals surface area contributed by atoms with Crippen LogP contribution in [0.2, 0.25) is 0 Å². The third-order valence-electron chi connectivity index (χ3n) is 6.06. The summed E-state index contributed by atoms with van der Waals surface area (Å²) >= 11 is 0. The molecule has 5 atom stereocenters. The molecule has 0 aromatic carbocycles. The maximum atomic E-state index is 12.7. The standard InChI is InChI=1S/C26H42N5O8P/c1-9-20-22(39-40(37-15-13-28-8)31(18(2)3)19(4)5)23(35-16-34-17-36-26(6,7)11-12-27)24(38-20)30-14-10-21(32)29-25(30)33/h10,14,18-20,22-24H,9,11,13,15-17H2,1-7H3,(H,29,32,33)/t20-,22?,23+,24-,40?/m1/s1. The highest BCUT2D eigenvalue weighted by Crippen LogP contribution is 2.50. The molecule has 2 rings (SSSR count). The summed E-state index contributed by atoms with van der Waals surface area (Å²) in [6, 6.07) is 3.47. The quantitative estimate of drug-likeness (QED) is 0.125. The monoisotopic (exact) mass is 583 g/mol. The van der Waals surface area contributed by atoms with Gasteiger partial charge in [0.1, 0.15) is 32.4 Å². The van der Waals surface area contributed by atoms with Crippen molar-refractivity contribution in [1.29, 1.82) is 5.26 Å². The summed E-state index contributed by atoms with van der Waals surface area (Å²) in [7, 11) is -1.64. The average molecular weight is 584 g/mol. The van der Waals surface area contributed by atoms with Crippen LogP contribution in [0.4, 0.5) is 0 Å². The Hall–Kier alpha value is -2.19. The van der Waals surface area contributed by atoms with Crippen molar-refractivity contribution in [2.24, 2.45) is 0 Å². The molecule has 1 saturated heterocycles. The fourth-order valence-electron chi connectivity index (χ4n) is 4.19. The molecule has 13 nitrogen and oxygen atoms in total. The first-order valence-corrected chi connectivity index (χ1v) is 14.5. The summed E-state index contributed by atoms with van der Waals surface area (Å²) in [6.07, 6.45) is -0.808. The van der Waals surface area contributed by atoms with E-state index in [9.17, 15) is 9.59 Å². The third kappa shape index (κ3) is 9.72. The van der Waals surface area contributed by atoms with E-state index in [1.807, 2.05) is 34.6 Å². The van der Waals surface area contributed by atoms with E-state index in [1.54, 1.807) is 13.8 Å². The number of hydrogen-bond donors (Lipinski definition) is 1. The van der Waals surface area contributed by atoms with Gasteiger partial charge in [-0.05, 0) is 48.0 Å². The molecule has 1 aliphatic rings. The van der Waals surface area contributed by atoms with Gasteiger partial charge in [0.05, 0.1) is 24.2 Å². The van der Waals surface area contributed by atoms with Crippen LogP contribution in [-0.4, -0.2) is 77.0 Å². The second-order valence-electron chi connectivity index (χ2n) is 10.4. The SMILES string of the molecule is [C-]#[N+]CCOP(OC1[C@@H](CC)O[C@@H](n2ccc(=O)[nH]c2=O)[C@H]1OCOCOC(C)(C)CC#N)N(C(C)C)C(C)C. The van der Waals surface area contributed by atoms with Crippen LogP contribution in [0.15, 0.2) is 21.9 Å². The van der Waals surface area contributed by atoms with Crippen LogP contribution >= 0.6 is 8.53 Å². The fourth-order valence-corrected chi connectivity index (χ4v) is 5.95. The van der Waals surface area contributed by atoms with Crippen molar-refractivity contribution in [2.45, 2.75) is 104 Å². The molecule has 2 heterocycles. The first-order chi connectivity index (χ1) is 18.9. The van der Waals surface area contributed by atoms with Crippen LogP contribution in [0.1, 0.15) is 67.5 Å². The van der Waals surface area contributed by atoms with E-state index in [0.29, 0.717) is 6.42 Å². The second-order valence-corrected chi connectivity index (χ2v) is 11.8. The molecule has 1 aromatic rings. The van der Waals surface area contributed by atoms with Gasteiger partial charge < -0.3 is 32.8 Å². The van der Waals surface area contributed by atoms with Crippen molar-refractivity contribution in [3.8, 4) is 6.07 Å². The van der Waals surface area contributed by atoms with E-state index in [2.05, 4.69) is 20.6 Å². The van der Waals surface area contributed by atoms with Gasteiger partial charge in [-0.3, -0.25) is 14.3 Å². The molecule has 1 aromatic heterocycles. The van der Waals surface area contributed by atoms with Gasteiger partial charge in [-0.2, -0.15) is 5.26 Å². The molecule has 14 heteroatoms. The van der Waals surface area contributed by atoms with Crippen LogP contribution in [0.3, 0.4) is 0 Å². The number of aromatic amines is 1. The normalized spacial score (nSPS) is 22.1. The second kappa shape index (κ2) is 16.3. The Labute approximate surface area is 237 Å². The molecule has 0 spiro atoms. The summed E-state index contributed by atoms with van der Waals surface area (Å²) in [4.78, 5) is 30.1. The lowest BCUT2D eigenvalue weighted by molar-refractivity contribution is -0.197. The summed E-state index contributed by atoms with van der Waals surface area (Å²) in [5.74, 6) is 0. The average Bonchev–Trinajstić information content (AvgIpc) is 3.20. The smallest absolute Gasteiger partial charge is 0.330 e. The van der Waals surface area contributed by atoms with Crippen molar-refractivity contribution in [1.82, 2.24) is 14.2 Å². The summed E-state index contributed by atoms with van der Waals surface area (Å²) in [6.45, 7) is 20.8. The predicted molar refractivity (Wildman–Crippen MR) is 148 cm³/mol. The molecular weight excluding hydrogens is 541 g/mol. The molecule has 2 unspecified atom stereocenters. The zero-order valence-corrected chi connectivity index (χ0v) is 25.3. The van der Waals surface area contributed by atoms with Gasteiger partial charge in [0.15, 0.2) is 6.23 Å². The van der Waals surface area contributed by atoms with Crippen molar-refractivity contribution in [3.05, 3.63) is 44.5 Å². The Morgan fingerprint density at radius 3 is 2.52 bits per heavy atom. The van der Waals surface area contributed by atoms with Gasteiger partial charge >= 0.3 is 5.69 Å². The van der Waals surface area contributed by atoms with E-state index in [-0.39, 0.29) is 45.2 Å². The van der Waals surface area contributed by atoms with Gasteiger partial charge in [0.2, 0.25) is 6.54 Å². The highest BCUT2D eigenvalue weighted by molar-refractivity contribution is 7.44. The van der Waals surface area contributed by atoms with Gasteiger partial charge in [-0.25, -0.2) is 16.0 Å². The lowest BCUT2D eigenvalue weighted by Crippen LogP contribution is -2.42. The minimum atomic E-state index is -1.64. The number of ether oxygens (including phenoxy) is 4. The molecule has 1 fully saturated rings. The number of nitriles is 1. The van der Waals surface area contributed by atoms with Gasteiger partial charge in [-0.1, -0.05) is 6.92 Å². The Balaban J connectivity index is 2.35. The largest absolute Gasteiger partial charge is 0.349 e. The number of rotatable bonds is 17. The highest BCUT2D eigenvalue weighted by atomic mass is 31.2. The number of aromatic nitrogens is 2. The van der Waals surface area contributed by atoms with Gasteiger partial charge in [-0.15, -0.1) is 0 Å². The third-order valence-corrected chi connectivity index (χ3v) is 8.19. The van der Waals surface area contributed by atoms with Crippen molar-refractivity contribution >= 4 is 8.53 Å². The zero-order chi connectivity index (χ0) is 29.9. The minimum absolute atomic E-state index is 0.0793. The molecule has 224 valence electrons. The van der Waals surface area contributed by atoms with Crippen LogP contribution in [-0.2, 0) is 28.0 Å². The van der Waals surface area contributed by atoms with Gasteiger partial charge in [0, 0.05) is 24.3 Å². The van der Waals surface area contributed by atoms with Crippen molar-refractivity contribution in [3.63, 3.8) is 0 Å². The highest BCUT2D eigenvalue weighted by Gasteiger charge is 2.49. The lowest BCUT2D eigenvalue weighted by Gasteiger charge is -2.38. The molecule has 0 saturated carbocycles. The molecule has 0 aliphatic carbocycles. The number of nitrogens with zero attached hydrogens (tertiary/aromatic N) is 4. The maximum absolute atomic E-state index is 12.7. The molecule has 1 N–H and O–H groups in total. The lowest BCUT2D eigenvalue weighted by atomic mass is 10.1. The fraction of sp³-hybridized carbons (Fsp3) is 0.769. The van der Waals surface area contributed by atoms with Crippen molar-refractivity contribution in [2.75, 3.05) is 26.7 Å². The maximum Gasteiger partial charge on any atom is 0.330 e. The molecule has 0 amide bonds. The predicted octanol–water partition coefficient (Wildman–Crippen LogP) is 3.54. The molecular formula is C26H42N5O8P. The van der Waals surface area contributed by atoms with E-state index >= 15 is 0 Å². The van der Waals surface area contributed by atoms with Crippen LogP contribution in [0.25, 0.3) is 4.85 Å². The summed E-state index contributed by atoms with van der Waals surface area (Å²) < 4.78 is 39.7. The Bertz CT molecular complexity index is 1100. The number of H-pyrrole nitrogens is 1. The van der Waals surface area contributed by atoms with Crippen molar-refractivity contribution < 1.29 is 28.0 Å². The van der Waals surface area contributed by atoms with Crippen LogP contribution in [0.5, 0.6) is 0 Å². The van der Waals surface area contributed by atoms with Crippen LogP contribution < -0.4 is 11.2 Å².